The zero-order chi connectivity index (χ0) is 14.2. The molecule has 0 aromatic heterocycles. The van der Waals surface area contributed by atoms with E-state index in [-0.39, 0.29) is 0 Å². The Labute approximate surface area is 117 Å². The highest BCUT2D eigenvalue weighted by Gasteiger charge is 2.39. The van der Waals surface area contributed by atoms with Gasteiger partial charge in [0, 0.05) is 5.56 Å². The van der Waals surface area contributed by atoms with Crippen molar-refractivity contribution in [2.24, 2.45) is 0 Å². The van der Waals surface area contributed by atoms with Crippen LogP contribution < -0.4 is 10.1 Å². The number of ether oxygens (including phenoxy) is 2. The van der Waals surface area contributed by atoms with Gasteiger partial charge in [0.1, 0.15) is 5.75 Å². The highest BCUT2D eigenvalue weighted by molar-refractivity contribution is 5.89. The maximum absolute atomic E-state index is 11.8. The summed E-state index contributed by atoms with van der Waals surface area (Å²) in [5.74, 6) is 0.727. The van der Waals surface area contributed by atoms with Crippen molar-refractivity contribution in [2.45, 2.75) is 12.5 Å². The Balaban J connectivity index is 2.20. The summed E-state index contributed by atoms with van der Waals surface area (Å²) < 4.78 is 10.8. The fourth-order valence-corrected chi connectivity index (χ4v) is 2.50. The number of carbonyl (C=O) groups excluding carboxylic acids is 1. The zero-order valence-corrected chi connectivity index (χ0v) is 11.3. The molecule has 0 bridgehead atoms. The van der Waals surface area contributed by atoms with Gasteiger partial charge in [-0.15, -0.1) is 0 Å². The third-order valence-electron chi connectivity index (χ3n) is 3.60. The Kier molecular flexibility index (Phi) is 2.86. The van der Waals surface area contributed by atoms with Crippen LogP contribution in [-0.2, 0) is 10.3 Å². The highest BCUT2D eigenvalue weighted by Crippen LogP contribution is 2.42. The van der Waals surface area contributed by atoms with Gasteiger partial charge in [0.25, 0.3) is 0 Å². The van der Waals surface area contributed by atoms with Crippen LogP contribution in [-0.4, -0.2) is 13.2 Å². The van der Waals surface area contributed by atoms with E-state index in [1.807, 2.05) is 55.5 Å². The lowest BCUT2D eigenvalue weighted by molar-refractivity contribution is 0.0584. The van der Waals surface area contributed by atoms with Crippen molar-refractivity contribution in [2.75, 3.05) is 12.4 Å². The van der Waals surface area contributed by atoms with Gasteiger partial charge in [-0.05, 0) is 30.7 Å². The first kappa shape index (κ1) is 12.5. The van der Waals surface area contributed by atoms with Gasteiger partial charge in [-0.2, -0.15) is 0 Å². The molecule has 1 aliphatic heterocycles. The van der Waals surface area contributed by atoms with Crippen molar-refractivity contribution in [3.63, 3.8) is 0 Å². The fraction of sp³-hybridized carbons (Fsp3) is 0.188. The van der Waals surface area contributed by atoms with E-state index in [0.29, 0.717) is 0 Å². The lowest BCUT2D eigenvalue weighted by Crippen LogP contribution is -2.38. The number of benzene rings is 2. The van der Waals surface area contributed by atoms with Crippen LogP contribution in [0.15, 0.2) is 48.5 Å². The number of amides is 1. The summed E-state index contributed by atoms with van der Waals surface area (Å²) in [7, 11) is 1.61. The van der Waals surface area contributed by atoms with Crippen molar-refractivity contribution in [1.29, 1.82) is 0 Å². The molecule has 1 N–H and O–H groups in total. The van der Waals surface area contributed by atoms with Crippen LogP contribution in [0.4, 0.5) is 10.5 Å². The molecule has 1 aliphatic rings. The summed E-state index contributed by atoms with van der Waals surface area (Å²) in [6.07, 6.45) is -0.450. The molecule has 1 amide bonds. The van der Waals surface area contributed by atoms with Gasteiger partial charge in [-0.3, -0.25) is 5.32 Å². The molecule has 1 unspecified atom stereocenters. The lowest BCUT2D eigenvalue weighted by atomic mass is 9.86. The number of anilines is 1. The first-order valence-corrected chi connectivity index (χ1v) is 6.37. The SMILES string of the molecule is COc1ccc2c(c1)C(C)(c1ccccc1)OC(=O)N2. The molecule has 2 aromatic carbocycles. The number of methoxy groups -OCH3 is 1. The van der Waals surface area contributed by atoms with Crippen LogP contribution in [0.3, 0.4) is 0 Å². The molecule has 0 saturated heterocycles. The second kappa shape index (κ2) is 4.56. The lowest BCUT2D eigenvalue weighted by Gasteiger charge is -2.36. The molecule has 4 heteroatoms. The number of nitrogens with one attached hydrogen (secondary N) is 1. The van der Waals surface area contributed by atoms with Crippen LogP contribution in [0.1, 0.15) is 18.1 Å². The van der Waals surface area contributed by atoms with E-state index in [1.165, 1.54) is 0 Å². The molecule has 102 valence electrons. The average molecular weight is 269 g/mol. The fourth-order valence-electron chi connectivity index (χ4n) is 2.50. The normalized spacial score (nSPS) is 20.6. The monoisotopic (exact) mass is 269 g/mol. The van der Waals surface area contributed by atoms with E-state index in [4.69, 9.17) is 9.47 Å². The number of fused-ring (bicyclic) bond motifs is 1. The summed E-state index contributed by atoms with van der Waals surface area (Å²) in [4.78, 5) is 11.8. The third-order valence-corrected chi connectivity index (χ3v) is 3.60. The summed E-state index contributed by atoms with van der Waals surface area (Å²) in [5.41, 5.74) is 1.72. The van der Waals surface area contributed by atoms with Gasteiger partial charge >= 0.3 is 6.09 Å². The molecule has 1 heterocycles. The zero-order valence-electron chi connectivity index (χ0n) is 11.3. The average Bonchev–Trinajstić information content (AvgIpc) is 2.48. The molecule has 4 nitrogen and oxygen atoms in total. The Morgan fingerprint density at radius 3 is 2.60 bits per heavy atom. The Morgan fingerprint density at radius 2 is 1.90 bits per heavy atom. The topological polar surface area (TPSA) is 47.6 Å². The van der Waals surface area contributed by atoms with Gasteiger partial charge in [-0.25, -0.2) is 4.79 Å². The first-order valence-electron chi connectivity index (χ1n) is 6.37. The van der Waals surface area contributed by atoms with Crippen LogP contribution in [0.25, 0.3) is 0 Å². The van der Waals surface area contributed by atoms with Gasteiger partial charge in [0.05, 0.1) is 12.8 Å². The number of cyclic esters (lactones) is 1. The molecule has 2 aromatic rings. The van der Waals surface area contributed by atoms with Gasteiger partial charge in [0.2, 0.25) is 0 Å². The minimum Gasteiger partial charge on any atom is -0.497 e. The van der Waals surface area contributed by atoms with Gasteiger partial charge in [-0.1, -0.05) is 30.3 Å². The Hall–Kier alpha value is -2.49. The van der Waals surface area contributed by atoms with Crippen molar-refractivity contribution in [3.8, 4) is 5.75 Å². The van der Waals surface area contributed by atoms with E-state index in [0.717, 1.165) is 22.6 Å². The van der Waals surface area contributed by atoms with Crippen LogP contribution in [0, 0.1) is 0 Å². The minimum absolute atomic E-state index is 0.450. The molecule has 3 rings (SSSR count). The molecule has 0 fully saturated rings. The summed E-state index contributed by atoms with van der Waals surface area (Å²) in [6, 6.07) is 15.2. The summed E-state index contributed by atoms with van der Waals surface area (Å²) in [5, 5.41) is 2.72. The second-order valence-electron chi connectivity index (χ2n) is 4.83. The van der Waals surface area contributed by atoms with Gasteiger partial charge < -0.3 is 9.47 Å². The van der Waals surface area contributed by atoms with E-state index in [9.17, 15) is 4.79 Å². The summed E-state index contributed by atoms with van der Waals surface area (Å²) in [6.45, 7) is 1.89. The van der Waals surface area contributed by atoms with Crippen LogP contribution in [0.5, 0.6) is 5.75 Å². The molecular weight excluding hydrogens is 254 g/mol. The second-order valence-corrected chi connectivity index (χ2v) is 4.83. The number of hydrogen-bond acceptors (Lipinski definition) is 3. The van der Waals surface area contributed by atoms with Crippen molar-refractivity contribution >= 4 is 11.8 Å². The predicted molar refractivity (Wildman–Crippen MR) is 76.0 cm³/mol. The maximum Gasteiger partial charge on any atom is 0.412 e. The smallest absolute Gasteiger partial charge is 0.412 e. The quantitative estimate of drug-likeness (QED) is 0.907. The predicted octanol–water partition coefficient (Wildman–Crippen LogP) is 3.52. The van der Waals surface area contributed by atoms with Crippen molar-refractivity contribution in [3.05, 3.63) is 59.7 Å². The first-order chi connectivity index (χ1) is 9.63. The molecule has 1 atom stereocenters. The van der Waals surface area contributed by atoms with Crippen LogP contribution in [0.2, 0.25) is 0 Å². The van der Waals surface area contributed by atoms with E-state index in [1.54, 1.807) is 7.11 Å². The molecule has 0 radical (unpaired) electrons. The molecule has 0 aliphatic carbocycles. The summed E-state index contributed by atoms with van der Waals surface area (Å²) >= 11 is 0. The number of carbonyl (C=O) groups is 1. The maximum atomic E-state index is 11.8. The van der Waals surface area contributed by atoms with Gasteiger partial charge in [0.15, 0.2) is 5.60 Å². The number of rotatable bonds is 2. The molecular formula is C16H15NO3. The largest absolute Gasteiger partial charge is 0.497 e. The van der Waals surface area contributed by atoms with Crippen molar-refractivity contribution < 1.29 is 14.3 Å². The van der Waals surface area contributed by atoms with E-state index >= 15 is 0 Å². The number of hydrogen-bond donors (Lipinski definition) is 1. The molecule has 0 saturated carbocycles. The van der Waals surface area contributed by atoms with E-state index < -0.39 is 11.7 Å². The standard InChI is InChI=1S/C16H15NO3/c1-16(11-6-4-3-5-7-11)13-10-12(19-2)8-9-14(13)17-15(18)20-16/h3-10H,1-2H3,(H,17,18). The Morgan fingerprint density at radius 1 is 1.15 bits per heavy atom. The highest BCUT2D eigenvalue weighted by atomic mass is 16.6. The third kappa shape index (κ3) is 1.90. The molecule has 20 heavy (non-hydrogen) atoms. The minimum atomic E-state index is -0.826. The van der Waals surface area contributed by atoms with E-state index in [2.05, 4.69) is 5.32 Å². The Bertz CT molecular complexity index is 654. The van der Waals surface area contributed by atoms with Crippen molar-refractivity contribution in [1.82, 2.24) is 0 Å². The van der Waals surface area contributed by atoms with Crippen LogP contribution >= 0.6 is 0 Å². The molecule has 0 spiro atoms.